The van der Waals surface area contributed by atoms with Gasteiger partial charge in [0.25, 0.3) is 0 Å². The highest BCUT2D eigenvalue weighted by Crippen LogP contribution is 2.31. The van der Waals surface area contributed by atoms with Crippen molar-refractivity contribution in [3.63, 3.8) is 0 Å². The minimum Gasteiger partial charge on any atom is -0.352 e. The van der Waals surface area contributed by atoms with Crippen LogP contribution in [0.3, 0.4) is 0 Å². The number of aromatic amines is 1. The summed E-state index contributed by atoms with van der Waals surface area (Å²) in [5.74, 6) is -1.41. The average molecular weight is 285 g/mol. The number of rotatable bonds is 2. The van der Waals surface area contributed by atoms with Gasteiger partial charge in [0.15, 0.2) is 6.29 Å². The van der Waals surface area contributed by atoms with Crippen LogP contribution in [0.4, 0.5) is 8.78 Å². The number of aldehydes is 1. The van der Waals surface area contributed by atoms with E-state index in [4.69, 9.17) is 0 Å². The minimum atomic E-state index is -0.705. The van der Waals surface area contributed by atoms with Gasteiger partial charge in [0.2, 0.25) is 0 Å². The number of hydrogen-bond acceptors (Lipinski definition) is 1. The zero-order valence-electron chi connectivity index (χ0n) is 11.6. The molecule has 106 valence electrons. The summed E-state index contributed by atoms with van der Waals surface area (Å²) >= 11 is 0. The Morgan fingerprint density at radius 2 is 1.81 bits per heavy atom. The van der Waals surface area contributed by atoms with E-state index >= 15 is 0 Å². The molecular formula is C17H13F2NO. The summed E-state index contributed by atoms with van der Waals surface area (Å²) in [5.41, 5.74) is 3.89. The van der Waals surface area contributed by atoms with Gasteiger partial charge in [-0.25, -0.2) is 8.78 Å². The summed E-state index contributed by atoms with van der Waals surface area (Å²) in [5, 5.41) is 0.260. The largest absolute Gasteiger partial charge is 0.352 e. The van der Waals surface area contributed by atoms with Crippen LogP contribution in [0.2, 0.25) is 0 Å². The fourth-order valence-corrected chi connectivity index (χ4v) is 2.49. The van der Waals surface area contributed by atoms with Crippen molar-refractivity contribution in [3.05, 3.63) is 58.7 Å². The van der Waals surface area contributed by atoms with Gasteiger partial charge in [0.05, 0.1) is 11.2 Å². The molecule has 0 spiro atoms. The smallest absolute Gasteiger partial charge is 0.152 e. The van der Waals surface area contributed by atoms with E-state index in [-0.39, 0.29) is 16.5 Å². The highest BCUT2D eigenvalue weighted by atomic mass is 19.1. The van der Waals surface area contributed by atoms with Crippen LogP contribution in [-0.2, 0) is 0 Å². The van der Waals surface area contributed by atoms with Crippen molar-refractivity contribution in [3.8, 4) is 11.3 Å². The number of halogens is 2. The summed E-state index contributed by atoms with van der Waals surface area (Å²) in [6.45, 7) is 3.95. The Morgan fingerprint density at radius 3 is 2.48 bits per heavy atom. The van der Waals surface area contributed by atoms with Gasteiger partial charge in [-0.05, 0) is 42.7 Å². The molecule has 2 aromatic carbocycles. The number of benzene rings is 2. The predicted molar refractivity (Wildman–Crippen MR) is 78.5 cm³/mol. The van der Waals surface area contributed by atoms with Crippen molar-refractivity contribution in [2.75, 3.05) is 0 Å². The molecule has 0 aliphatic rings. The number of fused-ring (bicyclic) bond motifs is 1. The average Bonchev–Trinajstić information content (AvgIpc) is 2.80. The predicted octanol–water partition coefficient (Wildman–Crippen LogP) is 4.54. The number of H-pyrrole nitrogens is 1. The molecule has 21 heavy (non-hydrogen) atoms. The summed E-state index contributed by atoms with van der Waals surface area (Å²) in [6, 6.07) is 7.68. The van der Waals surface area contributed by atoms with Crippen molar-refractivity contribution in [1.82, 2.24) is 4.98 Å². The third kappa shape index (κ3) is 2.13. The molecule has 0 radical (unpaired) electrons. The Bertz CT molecular complexity index is 865. The fourth-order valence-electron chi connectivity index (χ4n) is 2.49. The molecule has 1 aromatic heterocycles. The molecule has 3 aromatic rings. The number of aromatic nitrogens is 1. The molecule has 0 aliphatic heterocycles. The molecule has 0 saturated carbocycles. The first kappa shape index (κ1) is 13.5. The molecule has 0 aliphatic carbocycles. The summed E-state index contributed by atoms with van der Waals surface area (Å²) in [7, 11) is 0. The number of hydrogen-bond donors (Lipinski definition) is 1. The van der Waals surface area contributed by atoms with Crippen LogP contribution >= 0.6 is 0 Å². The summed E-state index contributed by atoms with van der Waals surface area (Å²) < 4.78 is 27.2. The van der Waals surface area contributed by atoms with E-state index in [0.717, 1.165) is 22.8 Å². The Balaban J connectivity index is 2.34. The Kier molecular flexibility index (Phi) is 3.09. The maximum atomic E-state index is 13.8. The van der Waals surface area contributed by atoms with Gasteiger partial charge in [-0.2, -0.15) is 0 Å². The molecule has 0 amide bonds. The van der Waals surface area contributed by atoms with Gasteiger partial charge in [0, 0.05) is 17.0 Å². The monoisotopic (exact) mass is 285 g/mol. The molecule has 0 atom stereocenters. The molecule has 3 rings (SSSR count). The molecule has 1 N–H and O–H groups in total. The van der Waals surface area contributed by atoms with Crippen molar-refractivity contribution in [1.29, 1.82) is 0 Å². The lowest BCUT2D eigenvalue weighted by atomic mass is 10.0. The second kappa shape index (κ2) is 4.81. The molecule has 0 fully saturated rings. The molecule has 0 unspecified atom stereocenters. The van der Waals surface area contributed by atoms with Gasteiger partial charge < -0.3 is 4.98 Å². The first-order valence-electron chi connectivity index (χ1n) is 6.55. The van der Waals surface area contributed by atoms with Crippen LogP contribution in [0.15, 0.2) is 30.3 Å². The van der Waals surface area contributed by atoms with E-state index in [1.54, 1.807) is 0 Å². The lowest BCUT2D eigenvalue weighted by Gasteiger charge is -2.04. The van der Waals surface area contributed by atoms with E-state index in [9.17, 15) is 13.6 Å². The number of aryl methyl sites for hydroxylation is 2. The topological polar surface area (TPSA) is 32.9 Å². The fraction of sp³-hybridized carbons (Fsp3) is 0.118. The molecule has 0 bridgehead atoms. The highest BCUT2D eigenvalue weighted by molar-refractivity contribution is 6.04. The van der Waals surface area contributed by atoms with E-state index in [1.165, 1.54) is 6.07 Å². The zero-order chi connectivity index (χ0) is 15.1. The van der Waals surface area contributed by atoms with E-state index < -0.39 is 11.6 Å². The van der Waals surface area contributed by atoms with Crippen LogP contribution < -0.4 is 0 Å². The van der Waals surface area contributed by atoms with Gasteiger partial charge in [-0.1, -0.05) is 12.1 Å². The van der Waals surface area contributed by atoms with Crippen molar-refractivity contribution < 1.29 is 13.6 Å². The van der Waals surface area contributed by atoms with Crippen molar-refractivity contribution >= 4 is 17.2 Å². The van der Waals surface area contributed by atoms with Gasteiger partial charge in [0.1, 0.15) is 11.6 Å². The molecule has 4 heteroatoms. The van der Waals surface area contributed by atoms with Crippen LogP contribution in [0.5, 0.6) is 0 Å². The van der Waals surface area contributed by atoms with Gasteiger partial charge in [-0.3, -0.25) is 4.79 Å². The number of carbonyl (C=O) groups is 1. The van der Waals surface area contributed by atoms with Crippen molar-refractivity contribution in [2.24, 2.45) is 0 Å². The first-order chi connectivity index (χ1) is 10.0. The Hall–Kier alpha value is -2.49. The standard InChI is InChI=1S/C17H13F2NO/c1-9-3-4-11(5-10(9)2)16-14(8-21)13-6-12(18)7-15(19)17(13)20-16/h3-8,20H,1-2H3. The van der Waals surface area contributed by atoms with E-state index in [0.29, 0.717) is 12.0 Å². The second-order valence-electron chi connectivity index (χ2n) is 5.14. The Morgan fingerprint density at radius 1 is 1.05 bits per heavy atom. The summed E-state index contributed by atoms with van der Waals surface area (Å²) in [6.07, 6.45) is 0.627. The van der Waals surface area contributed by atoms with Gasteiger partial charge >= 0.3 is 0 Å². The minimum absolute atomic E-state index is 0.145. The van der Waals surface area contributed by atoms with Crippen LogP contribution in [0.25, 0.3) is 22.2 Å². The maximum absolute atomic E-state index is 13.8. The zero-order valence-corrected chi connectivity index (χ0v) is 11.6. The van der Waals surface area contributed by atoms with Crippen molar-refractivity contribution in [2.45, 2.75) is 13.8 Å². The first-order valence-corrected chi connectivity index (χ1v) is 6.55. The molecule has 2 nitrogen and oxygen atoms in total. The Labute approximate surface area is 120 Å². The number of nitrogens with one attached hydrogen (secondary N) is 1. The summed E-state index contributed by atoms with van der Waals surface area (Å²) in [4.78, 5) is 14.3. The van der Waals surface area contributed by atoms with Crippen LogP contribution in [0.1, 0.15) is 21.5 Å². The molecule has 1 heterocycles. The normalized spacial score (nSPS) is 11.0. The van der Waals surface area contributed by atoms with E-state index in [1.807, 2.05) is 32.0 Å². The molecular weight excluding hydrogens is 272 g/mol. The van der Waals surface area contributed by atoms with Crippen LogP contribution in [0, 0.1) is 25.5 Å². The van der Waals surface area contributed by atoms with Crippen LogP contribution in [-0.4, -0.2) is 11.3 Å². The van der Waals surface area contributed by atoms with E-state index in [2.05, 4.69) is 4.98 Å². The lowest BCUT2D eigenvalue weighted by molar-refractivity contribution is 0.112. The lowest BCUT2D eigenvalue weighted by Crippen LogP contribution is -1.87. The quantitative estimate of drug-likeness (QED) is 0.689. The van der Waals surface area contributed by atoms with Gasteiger partial charge in [-0.15, -0.1) is 0 Å². The molecule has 0 saturated heterocycles. The maximum Gasteiger partial charge on any atom is 0.152 e. The SMILES string of the molecule is Cc1ccc(-c2[nH]c3c(F)cc(F)cc3c2C=O)cc1C. The third-order valence-corrected chi connectivity index (χ3v) is 3.78. The number of carbonyl (C=O) groups excluding carboxylic acids is 1. The second-order valence-corrected chi connectivity index (χ2v) is 5.14. The third-order valence-electron chi connectivity index (χ3n) is 3.78. The highest BCUT2D eigenvalue weighted by Gasteiger charge is 2.16.